The molecule has 0 heterocycles. The highest BCUT2D eigenvalue weighted by atomic mass is 19.1. The van der Waals surface area contributed by atoms with E-state index in [2.05, 4.69) is 5.32 Å². The van der Waals surface area contributed by atoms with Crippen molar-refractivity contribution in [3.8, 4) is 0 Å². The number of aryl methyl sites for hydroxylation is 1. The van der Waals surface area contributed by atoms with E-state index in [9.17, 15) is 13.6 Å². The first-order chi connectivity index (χ1) is 10.4. The molecule has 1 amide bonds. The van der Waals surface area contributed by atoms with Crippen LogP contribution in [0.1, 0.15) is 11.1 Å². The van der Waals surface area contributed by atoms with Crippen molar-refractivity contribution in [3.05, 3.63) is 65.2 Å². The van der Waals surface area contributed by atoms with Crippen LogP contribution in [0.4, 0.5) is 14.5 Å². The predicted molar refractivity (Wildman–Crippen MR) is 81.6 cm³/mol. The summed E-state index contributed by atoms with van der Waals surface area (Å²) in [6.07, 6.45) is 0. The molecule has 2 N–H and O–H groups in total. The number of nitrogens with one attached hydrogen (secondary N) is 2. The zero-order valence-electron chi connectivity index (χ0n) is 12.6. The molecule has 0 aliphatic heterocycles. The minimum absolute atomic E-state index is 0.170. The Kier molecular flexibility index (Phi) is 5.22. The van der Waals surface area contributed by atoms with E-state index >= 15 is 0 Å². The predicted octanol–water partition coefficient (Wildman–Crippen LogP) is 1.93. The summed E-state index contributed by atoms with van der Waals surface area (Å²) < 4.78 is 26.8. The van der Waals surface area contributed by atoms with Crippen molar-refractivity contribution in [1.82, 2.24) is 0 Å². The number of carbonyl (C=O) groups excluding carboxylic acids is 1. The topological polar surface area (TPSA) is 33.5 Å². The molecule has 0 fully saturated rings. The van der Waals surface area contributed by atoms with Gasteiger partial charge in [-0.3, -0.25) is 4.79 Å². The van der Waals surface area contributed by atoms with E-state index < -0.39 is 5.82 Å². The maximum absolute atomic E-state index is 13.7. The summed E-state index contributed by atoms with van der Waals surface area (Å²) in [5, 5.41) is 2.56. The Bertz CT molecular complexity index is 673. The Balaban J connectivity index is 1.91. The van der Waals surface area contributed by atoms with Gasteiger partial charge in [-0.1, -0.05) is 18.2 Å². The minimum atomic E-state index is -0.448. The molecule has 2 aromatic rings. The summed E-state index contributed by atoms with van der Waals surface area (Å²) >= 11 is 0. The van der Waals surface area contributed by atoms with E-state index in [0.29, 0.717) is 6.54 Å². The van der Waals surface area contributed by atoms with Gasteiger partial charge in [0.2, 0.25) is 0 Å². The fourth-order valence-corrected chi connectivity index (χ4v) is 2.25. The van der Waals surface area contributed by atoms with E-state index in [1.807, 2.05) is 13.1 Å². The van der Waals surface area contributed by atoms with Crippen LogP contribution in [0.25, 0.3) is 0 Å². The SMILES string of the molecule is Cc1ccc(NC(=O)C[NH+](C)Cc2cccc(F)c2)c(F)c1. The summed E-state index contributed by atoms with van der Waals surface area (Å²) in [6.45, 7) is 2.47. The number of hydrogen-bond donors (Lipinski definition) is 2. The molecule has 0 bridgehead atoms. The molecule has 0 saturated carbocycles. The molecule has 0 radical (unpaired) electrons. The summed E-state index contributed by atoms with van der Waals surface area (Å²) in [7, 11) is 1.83. The summed E-state index contributed by atoms with van der Waals surface area (Å²) in [6, 6.07) is 10.9. The highest BCUT2D eigenvalue weighted by Crippen LogP contribution is 2.14. The van der Waals surface area contributed by atoms with Crippen LogP contribution in [0.15, 0.2) is 42.5 Å². The summed E-state index contributed by atoms with van der Waals surface area (Å²) in [5.41, 5.74) is 1.78. The van der Waals surface area contributed by atoms with E-state index in [-0.39, 0.29) is 24.0 Å². The highest BCUT2D eigenvalue weighted by molar-refractivity contribution is 5.91. The average Bonchev–Trinajstić information content (AvgIpc) is 2.41. The van der Waals surface area contributed by atoms with Crippen molar-refractivity contribution in [2.75, 3.05) is 18.9 Å². The molecular weight excluding hydrogens is 286 g/mol. The molecule has 0 aromatic heterocycles. The Morgan fingerprint density at radius 1 is 1.18 bits per heavy atom. The third kappa shape index (κ3) is 4.63. The molecule has 1 atom stereocenters. The number of halogens is 2. The second-order valence-electron chi connectivity index (χ2n) is 5.47. The monoisotopic (exact) mass is 305 g/mol. The quantitative estimate of drug-likeness (QED) is 0.869. The van der Waals surface area contributed by atoms with Crippen LogP contribution in [-0.4, -0.2) is 19.5 Å². The molecule has 2 aromatic carbocycles. The molecule has 2 rings (SSSR count). The van der Waals surface area contributed by atoms with Gasteiger partial charge >= 0.3 is 0 Å². The van der Waals surface area contributed by atoms with E-state index in [1.54, 1.807) is 25.1 Å². The van der Waals surface area contributed by atoms with Crippen molar-refractivity contribution >= 4 is 11.6 Å². The molecular formula is C17H19F2N2O+. The van der Waals surface area contributed by atoms with E-state index in [1.165, 1.54) is 18.2 Å². The standard InChI is InChI=1S/C17H18F2N2O/c1-12-6-7-16(15(19)8-12)20-17(22)11-21(2)10-13-4-3-5-14(18)9-13/h3-9H,10-11H2,1-2H3,(H,20,22)/p+1. The smallest absolute Gasteiger partial charge is 0.279 e. The Morgan fingerprint density at radius 3 is 2.64 bits per heavy atom. The molecule has 5 heteroatoms. The van der Waals surface area contributed by atoms with Gasteiger partial charge < -0.3 is 10.2 Å². The second kappa shape index (κ2) is 7.13. The van der Waals surface area contributed by atoms with Gasteiger partial charge in [-0.15, -0.1) is 0 Å². The fraction of sp³-hybridized carbons (Fsp3) is 0.235. The highest BCUT2D eigenvalue weighted by Gasteiger charge is 2.13. The molecule has 0 aliphatic rings. The molecule has 0 aliphatic carbocycles. The van der Waals surface area contributed by atoms with Crippen molar-refractivity contribution in [2.45, 2.75) is 13.5 Å². The first kappa shape index (κ1) is 16.1. The van der Waals surface area contributed by atoms with Crippen molar-refractivity contribution in [2.24, 2.45) is 0 Å². The molecule has 0 saturated heterocycles. The number of hydrogen-bond acceptors (Lipinski definition) is 1. The number of amides is 1. The van der Waals surface area contributed by atoms with Gasteiger partial charge in [0.05, 0.1) is 12.7 Å². The van der Waals surface area contributed by atoms with Crippen LogP contribution in [-0.2, 0) is 11.3 Å². The largest absolute Gasteiger partial charge is 0.326 e. The zero-order chi connectivity index (χ0) is 16.1. The van der Waals surface area contributed by atoms with Crippen LogP contribution in [0.2, 0.25) is 0 Å². The number of quaternary nitrogens is 1. The van der Waals surface area contributed by atoms with Crippen LogP contribution >= 0.6 is 0 Å². The van der Waals surface area contributed by atoms with Crippen molar-refractivity contribution in [3.63, 3.8) is 0 Å². The van der Waals surface area contributed by atoms with E-state index in [4.69, 9.17) is 0 Å². The average molecular weight is 305 g/mol. The number of anilines is 1. The lowest BCUT2D eigenvalue weighted by molar-refractivity contribution is -0.885. The van der Waals surface area contributed by atoms with E-state index in [0.717, 1.165) is 16.0 Å². The molecule has 22 heavy (non-hydrogen) atoms. The summed E-state index contributed by atoms with van der Waals surface area (Å²) in [4.78, 5) is 12.8. The maximum Gasteiger partial charge on any atom is 0.279 e. The van der Waals surface area contributed by atoms with Gasteiger partial charge in [0.25, 0.3) is 5.91 Å². The number of likely N-dealkylation sites (N-methyl/N-ethyl adjacent to an activating group) is 1. The summed E-state index contributed by atoms with van der Waals surface area (Å²) in [5.74, 6) is -1.02. The minimum Gasteiger partial charge on any atom is -0.326 e. The third-order valence-electron chi connectivity index (χ3n) is 3.26. The van der Waals surface area contributed by atoms with Crippen LogP contribution < -0.4 is 10.2 Å². The zero-order valence-corrected chi connectivity index (χ0v) is 12.6. The molecule has 0 spiro atoms. The molecule has 3 nitrogen and oxygen atoms in total. The van der Waals surface area contributed by atoms with Crippen LogP contribution in [0.5, 0.6) is 0 Å². The first-order valence-electron chi connectivity index (χ1n) is 7.06. The van der Waals surface area contributed by atoms with Crippen LogP contribution in [0.3, 0.4) is 0 Å². The van der Waals surface area contributed by atoms with Gasteiger partial charge in [-0.25, -0.2) is 8.78 Å². The first-order valence-corrected chi connectivity index (χ1v) is 7.06. The van der Waals surface area contributed by atoms with Crippen molar-refractivity contribution in [1.29, 1.82) is 0 Å². The second-order valence-corrected chi connectivity index (χ2v) is 5.47. The number of benzene rings is 2. The van der Waals surface area contributed by atoms with Gasteiger partial charge in [-0.2, -0.15) is 0 Å². The van der Waals surface area contributed by atoms with Crippen molar-refractivity contribution < 1.29 is 18.5 Å². The fourth-order valence-electron chi connectivity index (χ4n) is 2.25. The Labute approximate surface area is 128 Å². The Hall–Kier alpha value is -2.27. The van der Waals surface area contributed by atoms with Gasteiger partial charge in [0.15, 0.2) is 6.54 Å². The molecule has 116 valence electrons. The lowest BCUT2D eigenvalue weighted by atomic mass is 10.2. The normalized spacial score (nSPS) is 12.0. The molecule has 1 unspecified atom stereocenters. The van der Waals surface area contributed by atoms with Gasteiger partial charge in [-0.05, 0) is 36.8 Å². The number of carbonyl (C=O) groups is 1. The lowest BCUT2D eigenvalue weighted by Gasteiger charge is -2.14. The van der Waals surface area contributed by atoms with Crippen LogP contribution in [0, 0.1) is 18.6 Å². The third-order valence-corrected chi connectivity index (χ3v) is 3.26. The number of rotatable bonds is 5. The Morgan fingerprint density at radius 2 is 1.95 bits per heavy atom. The van der Waals surface area contributed by atoms with Gasteiger partial charge in [0.1, 0.15) is 18.2 Å². The lowest BCUT2D eigenvalue weighted by Crippen LogP contribution is -3.08. The maximum atomic E-state index is 13.7. The van der Waals surface area contributed by atoms with Gasteiger partial charge in [0, 0.05) is 5.56 Å².